The van der Waals surface area contributed by atoms with Crippen LogP contribution in [0.3, 0.4) is 0 Å². The monoisotopic (exact) mass is 266 g/mol. The third kappa shape index (κ3) is 3.55. The number of aromatic nitrogens is 1. The fourth-order valence-corrected chi connectivity index (χ4v) is 3.85. The van der Waals surface area contributed by atoms with Gasteiger partial charge in [-0.1, -0.05) is 40.0 Å². The van der Waals surface area contributed by atoms with Crippen LogP contribution in [-0.2, 0) is 13.0 Å². The van der Waals surface area contributed by atoms with Crippen LogP contribution in [0, 0.1) is 0 Å². The van der Waals surface area contributed by atoms with Crippen molar-refractivity contribution in [3.8, 4) is 0 Å². The molecule has 0 bridgehead atoms. The predicted octanol–water partition coefficient (Wildman–Crippen LogP) is 4.25. The molecule has 1 N–H and O–H groups in total. The van der Waals surface area contributed by atoms with E-state index in [4.69, 9.17) is 4.98 Å². The van der Waals surface area contributed by atoms with Crippen LogP contribution >= 0.6 is 11.3 Å². The molecule has 0 unspecified atom stereocenters. The average molecular weight is 266 g/mol. The Morgan fingerprint density at radius 2 is 2.06 bits per heavy atom. The molecule has 0 aromatic carbocycles. The summed E-state index contributed by atoms with van der Waals surface area (Å²) in [5, 5.41) is 4.95. The van der Waals surface area contributed by atoms with E-state index in [2.05, 4.69) is 26.1 Å². The Balaban J connectivity index is 2.09. The quantitative estimate of drug-likeness (QED) is 0.832. The van der Waals surface area contributed by atoms with Crippen molar-refractivity contribution in [2.24, 2.45) is 0 Å². The van der Waals surface area contributed by atoms with Crippen molar-refractivity contribution >= 4 is 11.3 Å². The first-order valence-corrected chi connectivity index (χ1v) is 8.24. The third-order valence-corrected chi connectivity index (χ3v) is 4.92. The maximum absolute atomic E-state index is 4.94. The largest absolute Gasteiger partial charge is 0.310 e. The number of hydrogen-bond acceptors (Lipinski definition) is 3. The lowest BCUT2D eigenvalue weighted by molar-refractivity contribution is 0.589. The number of nitrogens with one attached hydrogen (secondary N) is 1. The predicted molar refractivity (Wildman–Crippen MR) is 79.3 cm³/mol. The van der Waals surface area contributed by atoms with Crippen LogP contribution in [-0.4, -0.2) is 11.0 Å². The van der Waals surface area contributed by atoms with Gasteiger partial charge in [-0.15, -0.1) is 11.3 Å². The Hall–Kier alpha value is -0.410. The molecule has 3 heteroatoms. The summed E-state index contributed by atoms with van der Waals surface area (Å²) in [5.41, 5.74) is 1.36. The van der Waals surface area contributed by atoms with Gasteiger partial charge < -0.3 is 5.32 Å². The number of thiazole rings is 1. The summed E-state index contributed by atoms with van der Waals surface area (Å²) in [4.78, 5) is 6.42. The fraction of sp³-hybridized carbons (Fsp3) is 0.800. The van der Waals surface area contributed by atoms with Gasteiger partial charge in [-0.2, -0.15) is 0 Å². The second-order valence-electron chi connectivity index (χ2n) is 5.69. The van der Waals surface area contributed by atoms with Gasteiger partial charge in [-0.25, -0.2) is 4.98 Å². The third-order valence-electron chi connectivity index (χ3n) is 3.66. The van der Waals surface area contributed by atoms with Crippen molar-refractivity contribution in [1.82, 2.24) is 10.3 Å². The second-order valence-corrected chi connectivity index (χ2v) is 6.80. The Bertz CT molecular complexity index is 365. The summed E-state index contributed by atoms with van der Waals surface area (Å²) in [5.74, 6) is 0.762. The van der Waals surface area contributed by atoms with Gasteiger partial charge in [0.05, 0.1) is 10.7 Å². The lowest BCUT2D eigenvalue weighted by Gasteiger charge is -2.07. The van der Waals surface area contributed by atoms with Crippen LogP contribution < -0.4 is 5.32 Å². The molecule has 1 heterocycles. The van der Waals surface area contributed by atoms with E-state index in [9.17, 15) is 0 Å². The minimum Gasteiger partial charge on any atom is -0.310 e. The molecule has 0 atom stereocenters. The topological polar surface area (TPSA) is 24.9 Å². The molecular weight excluding hydrogens is 240 g/mol. The Kier molecular flexibility index (Phi) is 5.19. The molecule has 1 aliphatic carbocycles. The van der Waals surface area contributed by atoms with Gasteiger partial charge in [0.15, 0.2) is 0 Å². The van der Waals surface area contributed by atoms with E-state index in [1.165, 1.54) is 47.7 Å². The van der Waals surface area contributed by atoms with Crippen molar-refractivity contribution in [1.29, 1.82) is 0 Å². The van der Waals surface area contributed by atoms with Crippen molar-refractivity contribution in [2.75, 3.05) is 0 Å². The minimum absolute atomic E-state index is 0.552. The highest BCUT2D eigenvalue weighted by Crippen LogP contribution is 2.37. The maximum Gasteiger partial charge on any atom is 0.0962 e. The summed E-state index contributed by atoms with van der Waals surface area (Å²) in [6.45, 7) is 7.66. The van der Waals surface area contributed by atoms with E-state index in [0.717, 1.165) is 18.9 Å². The maximum atomic E-state index is 4.94. The molecule has 0 aliphatic heterocycles. The van der Waals surface area contributed by atoms with Crippen LogP contribution in [0.2, 0.25) is 0 Å². The lowest BCUT2D eigenvalue weighted by Crippen LogP contribution is -2.21. The lowest BCUT2D eigenvalue weighted by atomic mass is 10.1. The van der Waals surface area contributed by atoms with Crippen LogP contribution in [0.4, 0.5) is 0 Å². The highest BCUT2D eigenvalue weighted by molar-refractivity contribution is 7.11. The van der Waals surface area contributed by atoms with Crippen LogP contribution in [0.1, 0.15) is 74.4 Å². The van der Waals surface area contributed by atoms with E-state index in [-0.39, 0.29) is 0 Å². The first-order valence-electron chi connectivity index (χ1n) is 7.42. The zero-order chi connectivity index (χ0) is 13.0. The van der Waals surface area contributed by atoms with Gasteiger partial charge in [-0.3, -0.25) is 0 Å². The molecule has 0 spiro atoms. The van der Waals surface area contributed by atoms with Gasteiger partial charge in [0, 0.05) is 23.4 Å². The molecule has 1 fully saturated rings. The summed E-state index contributed by atoms with van der Waals surface area (Å²) in [6.07, 6.45) is 7.84. The smallest absolute Gasteiger partial charge is 0.0962 e. The number of nitrogens with zero attached hydrogens (tertiary/aromatic N) is 1. The molecule has 1 aromatic rings. The first-order chi connectivity index (χ1) is 8.70. The number of rotatable bonds is 6. The van der Waals surface area contributed by atoms with Crippen LogP contribution in [0.15, 0.2) is 0 Å². The van der Waals surface area contributed by atoms with E-state index in [1.807, 2.05) is 11.3 Å². The average Bonchev–Trinajstić information content (AvgIpc) is 2.95. The highest BCUT2D eigenvalue weighted by atomic mass is 32.1. The fourth-order valence-electron chi connectivity index (χ4n) is 2.62. The van der Waals surface area contributed by atoms with Gasteiger partial charge in [0.2, 0.25) is 0 Å². The number of hydrogen-bond donors (Lipinski definition) is 1. The minimum atomic E-state index is 0.552. The first kappa shape index (κ1) is 14.0. The van der Waals surface area contributed by atoms with Crippen molar-refractivity contribution in [3.05, 3.63) is 15.6 Å². The zero-order valence-electron chi connectivity index (χ0n) is 12.0. The standard InChI is InChI=1S/C15H26N2S/c1-4-7-13-14(10-16-11(2)3)18-15(17-13)12-8-5-6-9-12/h11-12,16H,4-10H2,1-3H3. The normalized spacial score (nSPS) is 16.9. The number of aryl methyl sites for hydroxylation is 1. The molecule has 1 aromatic heterocycles. The van der Waals surface area contributed by atoms with E-state index >= 15 is 0 Å². The SMILES string of the molecule is CCCc1nc(C2CCCC2)sc1CNC(C)C. The molecular formula is C15H26N2S. The Morgan fingerprint density at radius 1 is 1.33 bits per heavy atom. The molecule has 1 aliphatic rings. The van der Waals surface area contributed by atoms with Crippen molar-refractivity contribution < 1.29 is 0 Å². The summed E-state index contributed by atoms with van der Waals surface area (Å²) < 4.78 is 0. The van der Waals surface area contributed by atoms with Crippen molar-refractivity contribution in [3.63, 3.8) is 0 Å². The molecule has 0 amide bonds. The Labute approximate surface area is 115 Å². The Morgan fingerprint density at radius 3 is 2.67 bits per heavy atom. The molecule has 2 nitrogen and oxygen atoms in total. The summed E-state index contributed by atoms with van der Waals surface area (Å²) in [7, 11) is 0. The molecule has 18 heavy (non-hydrogen) atoms. The van der Waals surface area contributed by atoms with Gasteiger partial charge in [0.1, 0.15) is 0 Å². The molecule has 0 radical (unpaired) electrons. The summed E-state index contributed by atoms with van der Waals surface area (Å²) in [6, 6.07) is 0.552. The highest BCUT2D eigenvalue weighted by Gasteiger charge is 2.22. The van der Waals surface area contributed by atoms with E-state index < -0.39 is 0 Å². The summed E-state index contributed by atoms with van der Waals surface area (Å²) >= 11 is 1.97. The van der Waals surface area contributed by atoms with Crippen molar-refractivity contribution in [2.45, 2.75) is 77.8 Å². The van der Waals surface area contributed by atoms with Crippen LogP contribution in [0.25, 0.3) is 0 Å². The molecule has 102 valence electrons. The van der Waals surface area contributed by atoms with Crippen LogP contribution in [0.5, 0.6) is 0 Å². The molecule has 2 rings (SSSR count). The second kappa shape index (κ2) is 6.67. The van der Waals surface area contributed by atoms with E-state index in [0.29, 0.717) is 6.04 Å². The molecule has 1 saturated carbocycles. The van der Waals surface area contributed by atoms with Gasteiger partial charge in [0.25, 0.3) is 0 Å². The van der Waals surface area contributed by atoms with Gasteiger partial charge in [-0.05, 0) is 19.3 Å². The van der Waals surface area contributed by atoms with Gasteiger partial charge >= 0.3 is 0 Å². The molecule has 0 saturated heterocycles. The van der Waals surface area contributed by atoms with E-state index in [1.54, 1.807) is 0 Å². The zero-order valence-corrected chi connectivity index (χ0v) is 12.8.